The Morgan fingerprint density at radius 3 is 2.74 bits per heavy atom. The molecule has 0 saturated carbocycles. The number of rotatable bonds is 6. The van der Waals surface area contributed by atoms with Crippen LogP contribution >= 0.6 is 23.2 Å². The molecule has 1 aromatic rings. The lowest BCUT2D eigenvalue weighted by atomic mass is 10.2. The van der Waals surface area contributed by atoms with Crippen LogP contribution in [0.1, 0.15) is 16.8 Å². The van der Waals surface area contributed by atoms with Crippen LogP contribution < -0.4 is 0 Å². The minimum Gasteiger partial charge on any atom is -0.383 e. The number of nitrogens with zero attached hydrogens (tertiary/aromatic N) is 2. The van der Waals surface area contributed by atoms with Gasteiger partial charge in [-0.1, -0.05) is 23.2 Å². The zero-order chi connectivity index (χ0) is 14.3. The summed E-state index contributed by atoms with van der Waals surface area (Å²) in [4.78, 5) is 13.9. The zero-order valence-corrected chi connectivity index (χ0v) is 12.0. The Morgan fingerprint density at radius 1 is 1.42 bits per heavy atom. The predicted molar refractivity (Wildman–Crippen MR) is 74.5 cm³/mol. The first kappa shape index (κ1) is 15.8. The Bertz CT molecular complexity index is 486. The van der Waals surface area contributed by atoms with E-state index in [0.29, 0.717) is 35.3 Å². The Labute approximate surface area is 122 Å². The molecule has 1 rings (SSSR count). The van der Waals surface area contributed by atoms with Crippen molar-refractivity contribution in [2.45, 2.75) is 6.42 Å². The van der Waals surface area contributed by atoms with Gasteiger partial charge in [0.25, 0.3) is 5.91 Å². The monoisotopic (exact) mass is 300 g/mol. The Kier molecular flexibility index (Phi) is 6.65. The molecule has 0 aromatic heterocycles. The summed E-state index contributed by atoms with van der Waals surface area (Å²) in [6.07, 6.45) is 0.265. The lowest BCUT2D eigenvalue weighted by Crippen LogP contribution is -2.34. The molecule has 0 fully saturated rings. The van der Waals surface area contributed by atoms with E-state index in [1.54, 1.807) is 24.1 Å². The Balaban J connectivity index is 2.88. The van der Waals surface area contributed by atoms with Crippen LogP contribution in [0, 0.1) is 11.3 Å². The number of carbonyl (C=O) groups excluding carboxylic acids is 1. The van der Waals surface area contributed by atoms with Crippen LogP contribution in [0.15, 0.2) is 18.2 Å². The number of benzene rings is 1. The molecule has 0 bridgehead atoms. The van der Waals surface area contributed by atoms with Gasteiger partial charge in [-0.2, -0.15) is 5.26 Å². The average molecular weight is 301 g/mol. The van der Waals surface area contributed by atoms with E-state index in [-0.39, 0.29) is 12.3 Å². The normalized spacial score (nSPS) is 10.0. The minimum absolute atomic E-state index is 0.228. The van der Waals surface area contributed by atoms with Crippen molar-refractivity contribution < 1.29 is 9.53 Å². The van der Waals surface area contributed by atoms with E-state index >= 15 is 0 Å². The number of ether oxygens (including phenoxy) is 1. The Hall–Kier alpha value is -1.28. The summed E-state index contributed by atoms with van der Waals surface area (Å²) >= 11 is 11.8. The van der Waals surface area contributed by atoms with Crippen LogP contribution in [-0.4, -0.2) is 37.6 Å². The van der Waals surface area contributed by atoms with Gasteiger partial charge in [0.05, 0.1) is 29.7 Å². The molecule has 102 valence electrons. The topological polar surface area (TPSA) is 53.3 Å². The third-order valence-corrected chi connectivity index (χ3v) is 3.06. The summed E-state index contributed by atoms with van der Waals surface area (Å²) in [6, 6.07) is 6.73. The second-order valence-corrected chi connectivity index (χ2v) is 4.66. The quantitative estimate of drug-likeness (QED) is 0.811. The van der Waals surface area contributed by atoms with Crippen LogP contribution in [0.5, 0.6) is 0 Å². The number of hydrogen-bond acceptors (Lipinski definition) is 3. The summed E-state index contributed by atoms with van der Waals surface area (Å²) in [7, 11) is 1.56. The molecule has 0 aliphatic rings. The highest BCUT2D eigenvalue weighted by Crippen LogP contribution is 2.22. The van der Waals surface area contributed by atoms with Crippen LogP contribution in [-0.2, 0) is 4.74 Å². The van der Waals surface area contributed by atoms with Crippen molar-refractivity contribution in [1.82, 2.24) is 4.90 Å². The van der Waals surface area contributed by atoms with E-state index in [2.05, 4.69) is 0 Å². The SMILES string of the molecule is COCCN(CCC#N)C(=O)c1ccc(Cl)cc1Cl. The molecule has 6 heteroatoms. The first-order valence-electron chi connectivity index (χ1n) is 5.70. The first-order valence-corrected chi connectivity index (χ1v) is 6.46. The third-order valence-electron chi connectivity index (χ3n) is 2.51. The molecule has 1 amide bonds. The fraction of sp³-hybridized carbons (Fsp3) is 0.385. The van der Waals surface area contributed by atoms with Crippen molar-refractivity contribution in [3.8, 4) is 6.07 Å². The van der Waals surface area contributed by atoms with Crippen LogP contribution in [0.25, 0.3) is 0 Å². The molecule has 0 heterocycles. The van der Waals surface area contributed by atoms with Crippen molar-refractivity contribution in [3.63, 3.8) is 0 Å². The number of carbonyl (C=O) groups is 1. The van der Waals surface area contributed by atoms with Crippen molar-refractivity contribution in [2.75, 3.05) is 26.8 Å². The van der Waals surface area contributed by atoms with Gasteiger partial charge in [-0.05, 0) is 18.2 Å². The van der Waals surface area contributed by atoms with Gasteiger partial charge in [0.1, 0.15) is 0 Å². The van der Waals surface area contributed by atoms with Gasteiger partial charge < -0.3 is 9.64 Å². The van der Waals surface area contributed by atoms with Crippen LogP contribution in [0.3, 0.4) is 0 Å². The lowest BCUT2D eigenvalue weighted by molar-refractivity contribution is 0.0700. The fourth-order valence-corrected chi connectivity index (χ4v) is 2.02. The van der Waals surface area contributed by atoms with Crippen molar-refractivity contribution in [2.24, 2.45) is 0 Å². The molecule has 1 aromatic carbocycles. The van der Waals surface area contributed by atoms with Gasteiger partial charge in [0, 0.05) is 25.2 Å². The van der Waals surface area contributed by atoms with E-state index in [1.807, 2.05) is 6.07 Å². The van der Waals surface area contributed by atoms with Gasteiger partial charge in [-0.25, -0.2) is 0 Å². The second-order valence-electron chi connectivity index (χ2n) is 3.82. The third kappa shape index (κ3) is 4.71. The number of nitriles is 1. The smallest absolute Gasteiger partial charge is 0.255 e. The molecule has 0 N–H and O–H groups in total. The van der Waals surface area contributed by atoms with E-state index in [9.17, 15) is 4.79 Å². The molecule has 0 aliphatic carbocycles. The molecule has 0 spiro atoms. The van der Waals surface area contributed by atoms with Crippen molar-refractivity contribution >= 4 is 29.1 Å². The summed E-state index contributed by atoms with van der Waals surface area (Å²) in [6.45, 7) is 1.16. The molecular weight excluding hydrogens is 287 g/mol. The number of halogens is 2. The van der Waals surface area contributed by atoms with Gasteiger partial charge in [0.2, 0.25) is 0 Å². The molecular formula is C13H14Cl2N2O2. The summed E-state index contributed by atoms with van der Waals surface area (Å²) in [5.74, 6) is -0.228. The molecule has 19 heavy (non-hydrogen) atoms. The maximum atomic E-state index is 12.3. The van der Waals surface area contributed by atoms with Gasteiger partial charge in [-0.15, -0.1) is 0 Å². The number of amides is 1. The fourth-order valence-electron chi connectivity index (χ4n) is 1.53. The standard InChI is InChI=1S/C13H14Cl2N2O2/c1-19-8-7-17(6-2-5-16)13(18)11-4-3-10(14)9-12(11)15/h3-4,9H,2,6-8H2,1H3. The molecule has 0 radical (unpaired) electrons. The Morgan fingerprint density at radius 2 is 2.16 bits per heavy atom. The average Bonchev–Trinajstić information content (AvgIpc) is 2.38. The highest BCUT2D eigenvalue weighted by atomic mass is 35.5. The van der Waals surface area contributed by atoms with Crippen molar-refractivity contribution in [3.05, 3.63) is 33.8 Å². The van der Waals surface area contributed by atoms with E-state index in [0.717, 1.165) is 0 Å². The van der Waals surface area contributed by atoms with Crippen molar-refractivity contribution in [1.29, 1.82) is 5.26 Å². The maximum absolute atomic E-state index is 12.3. The van der Waals surface area contributed by atoms with Gasteiger partial charge in [-0.3, -0.25) is 4.79 Å². The highest BCUT2D eigenvalue weighted by molar-refractivity contribution is 6.36. The first-order chi connectivity index (χ1) is 9.10. The second kappa shape index (κ2) is 8.00. The molecule has 0 saturated heterocycles. The van der Waals surface area contributed by atoms with Gasteiger partial charge in [0.15, 0.2) is 0 Å². The molecule has 0 unspecified atom stereocenters. The van der Waals surface area contributed by atoms with Crippen LogP contribution in [0.4, 0.5) is 0 Å². The summed E-state index contributed by atoms with van der Waals surface area (Å²) in [5.41, 5.74) is 0.375. The largest absolute Gasteiger partial charge is 0.383 e. The van der Waals surface area contributed by atoms with Gasteiger partial charge >= 0.3 is 0 Å². The lowest BCUT2D eigenvalue weighted by Gasteiger charge is -2.21. The van der Waals surface area contributed by atoms with E-state index < -0.39 is 0 Å². The predicted octanol–water partition coefficient (Wildman–Crippen LogP) is 3.00. The maximum Gasteiger partial charge on any atom is 0.255 e. The molecule has 0 atom stereocenters. The summed E-state index contributed by atoms with van der Waals surface area (Å²) in [5, 5.41) is 9.40. The number of hydrogen-bond donors (Lipinski definition) is 0. The van der Waals surface area contributed by atoms with Crippen LogP contribution in [0.2, 0.25) is 10.0 Å². The van der Waals surface area contributed by atoms with E-state index in [4.69, 9.17) is 33.2 Å². The highest BCUT2D eigenvalue weighted by Gasteiger charge is 2.18. The molecule has 4 nitrogen and oxygen atoms in total. The zero-order valence-electron chi connectivity index (χ0n) is 10.5. The number of methoxy groups -OCH3 is 1. The van der Waals surface area contributed by atoms with E-state index in [1.165, 1.54) is 6.07 Å². The molecule has 0 aliphatic heterocycles. The summed E-state index contributed by atoms with van der Waals surface area (Å²) < 4.78 is 4.96. The minimum atomic E-state index is -0.228.